The minimum absolute atomic E-state index is 0.270. The van der Waals surface area contributed by atoms with Gasteiger partial charge in [0.1, 0.15) is 12.1 Å². The lowest BCUT2D eigenvalue weighted by molar-refractivity contribution is -0.139. The lowest BCUT2D eigenvalue weighted by Gasteiger charge is -2.13. The number of urea groups is 1. The van der Waals surface area contributed by atoms with Gasteiger partial charge in [0.25, 0.3) is 0 Å². The highest BCUT2D eigenvalue weighted by molar-refractivity contribution is 9.10. The number of halogens is 1. The number of anilines is 1. The van der Waals surface area contributed by atoms with E-state index < -0.39 is 18.0 Å². The fraction of sp³-hybridized carbons (Fsp3) is 0.250. The zero-order valence-corrected chi connectivity index (χ0v) is 11.7. The summed E-state index contributed by atoms with van der Waals surface area (Å²) in [4.78, 5) is 22.4. The standard InChI is InChI=1S/C12H12BrN3O3/c1-2-9(11(17)18)15-12(19)16-10-5-8(13)4-3-7(10)6-14/h3-5,9H,2H2,1H3,(H,17,18)(H2,15,16,19). The van der Waals surface area contributed by atoms with Crippen molar-refractivity contribution in [1.29, 1.82) is 5.26 Å². The molecule has 0 aliphatic carbocycles. The van der Waals surface area contributed by atoms with Gasteiger partial charge in [-0.15, -0.1) is 0 Å². The predicted molar refractivity (Wildman–Crippen MR) is 72.7 cm³/mol. The van der Waals surface area contributed by atoms with Crippen LogP contribution in [0.15, 0.2) is 22.7 Å². The van der Waals surface area contributed by atoms with Crippen molar-refractivity contribution in [3.63, 3.8) is 0 Å². The summed E-state index contributed by atoms with van der Waals surface area (Å²) in [7, 11) is 0. The van der Waals surface area contributed by atoms with Gasteiger partial charge in [0.15, 0.2) is 0 Å². The Labute approximate surface area is 118 Å². The molecule has 1 aromatic rings. The number of carbonyl (C=O) groups excluding carboxylic acids is 1. The molecule has 0 saturated carbocycles. The van der Waals surface area contributed by atoms with Crippen LogP contribution in [0.5, 0.6) is 0 Å². The zero-order valence-electron chi connectivity index (χ0n) is 10.1. The summed E-state index contributed by atoms with van der Waals surface area (Å²) < 4.78 is 0.701. The Morgan fingerprint density at radius 1 is 1.53 bits per heavy atom. The van der Waals surface area contributed by atoms with E-state index in [-0.39, 0.29) is 6.42 Å². The van der Waals surface area contributed by atoms with E-state index in [0.717, 1.165) is 0 Å². The third-order valence-corrected chi connectivity index (χ3v) is 2.86. The average Bonchev–Trinajstić information content (AvgIpc) is 2.35. The third-order valence-electron chi connectivity index (χ3n) is 2.36. The highest BCUT2D eigenvalue weighted by Crippen LogP contribution is 2.20. The van der Waals surface area contributed by atoms with Crippen LogP contribution >= 0.6 is 15.9 Å². The number of nitriles is 1. The Kier molecular flexibility index (Phi) is 5.33. The first-order valence-electron chi connectivity index (χ1n) is 5.48. The van der Waals surface area contributed by atoms with Gasteiger partial charge >= 0.3 is 12.0 Å². The molecule has 2 amide bonds. The van der Waals surface area contributed by atoms with E-state index in [0.29, 0.717) is 15.7 Å². The average molecular weight is 326 g/mol. The monoisotopic (exact) mass is 325 g/mol. The van der Waals surface area contributed by atoms with Crippen molar-refractivity contribution >= 4 is 33.6 Å². The van der Waals surface area contributed by atoms with Gasteiger partial charge in [-0.05, 0) is 24.6 Å². The molecule has 1 atom stereocenters. The van der Waals surface area contributed by atoms with Crippen molar-refractivity contribution < 1.29 is 14.7 Å². The molecule has 3 N–H and O–H groups in total. The van der Waals surface area contributed by atoms with Crippen molar-refractivity contribution in [1.82, 2.24) is 5.32 Å². The summed E-state index contributed by atoms with van der Waals surface area (Å²) in [5.74, 6) is -1.10. The van der Waals surface area contributed by atoms with Gasteiger partial charge in [0.05, 0.1) is 11.3 Å². The largest absolute Gasteiger partial charge is 0.480 e. The molecule has 0 aromatic heterocycles. The second kappa shape index (κ2) is 6.75. The van der Waals surface area contributed by atoms with Crippen LogP contribution < -0.4 is 10.6 Å². The number of carboxylic acids is 1. The number of aliphatic carboxylic acids is 1. The second-order valence-electron chi connectivity index (χ2n) is 3.70. The summed E-state index contributed by atoms with van der Waals surface area (Å²) >= 11 is 3.23. The first-order valence-corrected chi connectivity index (χ1v) is 6.27. The Morgan fingerprint density at radius 2 is 2.21 bits per heavy atom. The van der Waals surface area contributed by atoms with Crippen LogP contribution in [0.1, 0.15) is 18.9 Å². The van der Waals surface area contributed by atoms with Crippen LogP contribution in [-0.2, 0) is 4.79 Å². The maximum absolute atomic E-state index is 11.7. The summed E-state index contributed by atoms with van der Waals surface area (Å²) in [6.07, 6.45) is 0.270. The van der Waals surface area contributed by atoms with Crippen LogP contribution in [0.4, 0.5) is 10.5 Å². The molecule has 0 heterocycles. The zero-order chi connectivity index (χ0) is 14.4. The molecule has 0 saturated heterocycles. The number of nitrogens with zero attached hydrogens (tertiary/aromatic N) is 1. The fourth-order valence-electron chi connectivity index (χ4n) is 1.37. The predicted octanol–water partition coefficient (Wildman–Crippen LogP) is 2.31. The SMILES string of the molecule is CCC(NC(=O)Nc1cc(Br)ccc1C#N)C(=O)O. The number of rotatable bonds is 4. The fourth-order valence-corrected chi connectivity index (χ4v) is 1.73. The molecule has 0 aliphatic heterocycles. The van der Waals surface area contributed by atoms with Gasteiger partial charge in [-0.3, -0.25) is 0 Å². The van der Waals surface area contributed by atoms with E-state index in [2.05, 4.69) is 26.6 Å². The van der Waals surface area contributed by atoms with Crippen molar-refractivity contribution in [3.05, 3.63) is 28.2 Å². The molecule has 0 bridgehead atoms. The van der Waals surface area contributed by atoms with E-state index in [9.17, 15) is 9.59 Å². The Bertz CT molecular complexity index is 540. The number of nitrogens with one attached hydrogen (secondary N) is 2. The molecular formula is C12H12BrN3O3. The Morgan fingerprint density at radius 3 is 2.74 bits per heavy atom. The minimum atomic E-state index is -1.10. The molecule has 0 spiro atoms. The first kappa shape index (κ1) is 15.0. The quantitative estimate of drug-likeness (QED) is 0.790. The highest BCUT2D eigenvalue weighted by Gasteiger charge is 2.18. The van der Waals surface area contributed by atoms with Crippen LogP contribution in [0.25, 0.3) is 0 Å². The lowest BCUT2D eigenvalue weighted by Crippen LogP contribution is -2.42. The van der Waals surface area contributed by atoms with Gasteiger partial charge in [-0.2, -0.15) is 5.26 Å². The van der Waals surface area contributed by atoms with Gasteiger partial charge in [-0.25, -0.2) is 9.59 Å². The molecule has 6 nitrogen and oxygen atoms in total. The third kappa shape index (κ3) is 4.26. The number of amides is 2. The molecule has 1 rings (SSSR count). The van der Waals surface area contributed by atoms with Crippen molar-refractivity contribution in [2.24, 2.45) is 0 Å². The topological polar surface area (TPSA) is 102 Å². The molecule has 19 heavy (non-hydrogen) atoms. The molecule has 0 aliphatic rings. The molecule has 0 fully saturated rings. The minimum Gasteiger partial charge on any atom is -0.480 e. The number of hydrogen-bond donors (Lipinski definition) is 3. The molecule has 100 valence electrons. The van der Waals surface area contributed by atoms with Crippen LogP contribution in [0.2, 0.25) is 0 Å². The lowest BCUT2D eigenvalue weighted by atomic mass is 10.2. The van der Waals surface area contributed by atoms with Gasteiger partial charge in [0.2, 0.25) is 0 Å². The number of hydrogen-bond acceptors (Lipinski definition) is 3. The van der Waals surface area contributed by atoms with Crippen molar-refractivity contribution in [3.8, 4) is 6.07 Å². The molecule has 1 unspecified atom stereocenters. The number of carbonyl (C=O) groups is 2. The molecular weight excluding hydrogens is 314 g/mol. The summed E-state index contributed by atoms with van der Waals surface area (Å²) in [6, 6.07) is 5.11. The van der Waals surface area contributed by atoms with E-state index in [4.69, 9.17) is 10.4 Å². The first-order chi connectivity index (χ1) is 8.97. The highest BCUT2D eigenvalue weighted by atomic mass is 79.9. The smallest absolute Gasteiger partial charge is 0.326 e. The number of benzene rings is 1. The van der Waals surface area contributed by atoms with Crippen molar-refractivity contribution in [2.75, 3.05) is 5.32 Å². The van der Waals surface area contributed by atoms with Crippen LogP contribution in [0, 0.1) is 11.3 Å². The van der Waals surface area contributed by atoms with E-state index in [1.165, 1.54) is 0 Å². The summed E-state index contributed by atoms with van der Waals surface area (Å²) in [5.41, 5.74) is 0.608. The molecule has 1 aromatic carbocycles. The summed E-state index contributed by atoms with van der Waals surface area (Å²) in [5, 5.41) is 22.5. The summed E-state index contributed by atoms with van der Waals surface area (Å²) in [6.45, 7) is 1.65. The van der Waals surface area contributed by atoms with Crippen LogP contribution in [0.3, 0.4) is 0 Å². The normalized spacial score (nSPS) is 11.2. The Hall–Kier alpha value is -2.07. The number of carboxylic acid groups (broad SMARTS) is 1. The maximum Gasteiger partial charge on any atom is 0.326 e. The van der Waals surface area contributed by atoms with Crippen LogP contribution in [-0.4, -0.2) is 23.1 Å². The van der Waals surface area contributed by atoms with E-state index in [1.807, 2.05) is 6.07 Å². The second-order valence-corrected chi connectivity index (χ2v) is 4.61. The molecule has 7 heteroatoms. The van der Waals surface area contributed by atoms with Gasteiger partial charge < -0.3 is 15.7 Å². The Balaban J connectivity index is 2.80. The van der Waals surface area contributed by atoms with Gasteiger partial charge in [0, 0.05) is 4.47 Å². The molecule has 0 radical (unpaired) electrons. The maximum atomic E-state index is 11.7. The van der Waals surface area contributed by atoms with Crippen molar-refractivity contribution in [2.45, 2.75) is 19.4 Å². The van der Waals surface area contributed by atoms with E-state index >= 15 is 0 Å². The van der Waals surface area contributed by atoms with E-state index in [1.54, 1.807) is 25.1 Å². The van der Waals surface area contributed by atoms with Gasteiger partial charge in [-0.1, -0.05) is 22.9 Å².